The maximum absolute atomic E-state index is 13.2. The van der Waals surface area contributed by atoms with Gasteiger partial charge in [-0.1, -0.05) is 13.8 Å². The lowest BCUT2D eigenvalue weighted by Crippen LogP contribution is -2.57. The standard InChI is InChI=1S/C22H37N9O7/c1-11(2)6-13(23)18(34)29-14(4-3-5-27-22(24)25)19(35)30-15(7-12-9-26-10-28-12)20(36)31-16(21(37)38)8-17(32)33/h9-11,13-16H,3-8,23H2,1-2H3,(H,26,28)(H,29,34)(H,30,35)(H,31,36)(H,32,33)(H,37,38)(H4,24,25,27). The molecule has 16 heteroatoms. The number of carbonyl (C=O) groups is 5. The number of imidazole rings is 1. The number of aromatic nitrogens is 2. The lowest BCUT2D eigenvalue weighted by atomic mass is 10.0. The van der Waals surface area contributed by atoms with Crippen LogP contribution in [0.4, 0.5) is 0 Å². The van der Waals surface area contributed by atoms with Crippen molar-refractivity contribution in [1.29, 1.82) is 0 Å². The Labute approximate surface area is 219 Å². The van der Waals surface area contributed by atoms with Gasteiger partial charge in [0.25, 0.3) is 0 Å². The predicted molar refractivity (Wildman–Crippen MR) is 135 cm³/mol. The summed E-state index contributed by atoms with van der Waals surface area (Å²) in [5.41, 5.74) is 17.0. The number of H-pyrrole nitrogens is 1. The van der Waals surface area contributed by atoms with Crippen LogP contribution in [0.25, 0.3) is 0 Å². The Bertz CT molecular complexity index is 978. The fourth-order valence-electron chi connectivity index (χ4n) is 3.41. The highest BCUT2D eigenvalue weighted by Crippen LogP contribution is 2.07. The van der Waals surface area contributed by atoms with Crippen LogP contribution >= 0.6 is 0 Å². The average molecular weight is 540 g/mol. The highest BCUT2D eigenvalue weighted by Gasteiger charge is 2.31. The third-order valence-corrected chi connectivity index (χ3v) is 5.25. The van der Waals surface area contributed by atoms with Crippen LogP contribution in [0.15, 0.2) is 17.5 Å². The number of hydrogen-bond donors (Lipinski definition) is 9. The highest BCUT2D eigenvalue weighted by atomic mass is 16.4. The predicted octanol–water partition coefficient (Wildman–Crippen LogP) is -2.61. The van der Waals surface area contributed by atoms with Gasteiger partial charge in [0.1, 0.15) is 18.1 Å². The van der Waals surface area contributed by atoms with Crippen molar-refractivity contribution in [2.24, 2.45) is 28.1 Å². The number of guanidine groups is 1. The third-order valence-electron chi connectivity index (χ3n) is 5.25. The van der Waals surface area contributed by atoms with Gasteiger partial charge in [0, 0.05) is 24.9 Å². The largest absolute Gasteiger partial charge is 0.481 e. The molecule has 0 aromatic carbocycles. The van der Waals surface area contributed by atoms with E-state index in [4.69, 9.17) is 22.3 Å². The smallest absolute Gasteiger partial charge is 0.326 e. The average Bonchev–Trinajstić information content (AvgIpc) is 3.32. The molecule has 4 unspecified atom stereocenters. The number of nitrogens with two attached hydrogens (primary N) is 3. The van der Waals surface area contributed by atoms with Crippen molar-refractivity contribution in [3.8, 4) is 0 Å². The molecule has 1 aromatic heterocycles. The summed E-state index contributed by atoms with van der Waals surface area (Å²) in [6.07, 6.45) is 2.52. The number of aliphatic carboxylic acids is 2. The first-order chi connectivity index (χ1) is 17.8. The molecule has 0 aliphatic heterocycles. The van der Waals surface area contributed by atoms with E-state index in [9.17, 15) is 29.1 Å². The number of carbonyl (C=O) groups excluding carboxylic acids is 3. The van der Waals surface area contributed by atoms with Crippen molar-refractivity contribution in [2.45, 2.75) is 70.1 Å². The first kappa shape index (κ1) is 31.8. The molecule has 16 nitrogen and oxygen atoms in total. The van der Waals surface area contributed by atoms with Crippen molar-refractivity contribution < 1.29 is 34.2 Å². The van der Waals surface area contributed by atoms with Crippen LogP contribution in [0, 0.1) is 5.92 Å². The molecule has 0 saturated heterocycles. The van der Waals surface area contributed by atoms with Gasteiger partial charge in [-0.05, 0) is 25.2 Å². The Morgan fingerprint density at radius 2 is 1.61 bits per heavy atom. The summed E-state index contributed by atoms with van der Waals surface area (Å²) < 4.78 is 0. The second kappa shape index (κ2) is 15.8. The molecule has 0 fully saturated rings. The van der Waals surface area contributed by atoms with E-state index in [0.717, 1.165) is 0 Å². The number of nitrogens with one attached hydrogen (secondary N) is 4. The Hall–Kier alpha value is -4.21. The van der Waals surface area contributed by atoms with Gasteiger partial charge in [0.2, 0.25) is 17.7 Å². The summed E-state index contributed by atoms with van der Waals surface area (Å²) >= 11 is 0. The Balaban J connectivity index is 3.11. The van der Waals surface area contributed by atoms with Crippen LogP contribution in [0.3, 0.4) is 0 Å². The lowest BCUT2D eigenvalue weighted by molar-refractivity contribution is -0.147. The molecule has 1 heterocycles. The first-order valence-corrected chi connectivity index (χ1v) is 11.9. The minimum atomic E-state index is -1.73. The van der Waals surface area contributed by atoms with E-state index in [1.807, 2.05) is 13.8 Å². The van der Waals surface area contributed by atoms with E-state index in [1.54, 1.807) is 0 Å². The molecule has 1 rings (SSSR count). The molecule has 0 aliphatic rings. The second-order valence-electron chi connectivity index (χ2n) is 9.09. The zero-order valence-electron chi connectivity index (χ0n) is 21.3. The van der Waals surface area contributed by atoms with Crippen LogP contribution in [0.5, 0.6) is 0 Å². The quantitative estimate of drug-likeness (QED) is 0.0561. The number of nitrogens with zero attached hydrogens (tertiary/aromatic N) is 2. The molecule has 1 aromatic rings. The van der Waals surface area contributed by atoms with E-state index in [-0.39, 0.29) is 31.3 Å². The number of carboxylic acids is 2. The van der Waals surface area contributed by atoms with Crippen LogP contribution in [-0.2, 0) is 30.4 Å². The van der Waals surface area contributed by atoms with E-state index >= 15 is 0 Å². The molecule has 3 amide bonds. The maximum atomic E-state index is 13.2. The van der Waals surface area contributed by atoms with Crippen LogP contribution in [-0.4, -0.2) is 86.5 Å². The van der Waals surface area contributed by atoms with Crippen molar-refractivity contribution in [3.05, 3.63) is 18.2 Å². The number of amides is 3. The number of aliphatic imine (C=N–C) groups is 1. The van der Waals surface area contributed by atoms with E-state index in [1.165, 1.54) is 12.5 Å². The van der Waals surface area contributed by atoms with Crippen LogP contribution < -0.4 is 33.2 Å². The van der Waals surface area contributed by atoms with E-state index < -0.39 is 60.2 Å². The molecule has 0 aliphatic carbocycles. The van der Waals surface area contributed by atoms with Gasteiger partial charge in [0.15, 0.2) is 5.96 Å². The zero-order chi connectivity index (χ0) is 28.8. The topological polar surface area (TPSA) is 281 Å². The minimum Gasteiger partial charge on any atom is -0.481 e. The Morgan fingerprint density at radius 3 is 2.13 bits per heavy atom. The molecule has 0 saturated carbocycles. The van der Waals surface area contributed by atoms with Crippen LogP contribution in [0.1, 0.15) is 45.2 Å². The number of aromatic amines is 1. The van der Waals surface area contributed by atoms with Gasteiger partial charge in [-0.25, -0.2) is 9.78 Å². The van der Waals surface area contributed by atoms with Gasteiger partial charge >= 0.3 is 11.9 Å². The summed E-state index contributed by atoms with van der Waals surface area (Å²) in [5.74, 6) is -5.26. The first-order valence-electron chi connectivity index (χ1n) is 11.9. The van der Waals surface area contributed by atoms with Gasteiger partial charge in [-0.3, -0.25) is 24.2 Å². The molecular formula is C22H37N9O7. The van der Waals surface area contributed by atoms with E-state index in [0.29, 0.717) is 18.5 Å². The van der Waals surface area contributed by atoms with Crippen LogP contribution in [0.2, 0.25) is 0 Å². The fourth-order valence-corrected chi connectivity index (χ4v) is 3.41. The van der Waals surface area contributed by atoms with Gasteiger partial charge in [-0.15, -0.1) is 0 Å². The molecule has 0 bridgehead atoms. The maximum Gasteiger partial charge on any atom is 0.326 e. The fraction of sp³-hybridized carbons (Fsp3) is 0.591. The van der Waals surface area contributed by atoms with Gasteiger partial charge in [-0.2, -0.15) is 0 Å². The molecule has 38 heavy (non-hydrogen) atoms. The SMILES string of the molecule is CC(C)CC(N)C(=O)NC(CCCN=C(N)N)C(=O)NC(Cc1cnc[nH]1)C(=O)NC(CC(=O)O)C(=O)O. The van der Waals surface area contributed by atoms with Gasteiger partial charge < -0.3 is 48.3 Å². The second-order valence-corrected chi connectivity index (χ2v) is 9.09. The molecule has 0 radical (unpaired) electrons. The summed E-state index contributed by atoms with van der Waals surface area (Å²) in [7, 11) is 0. The summed E-state index contributed by atoms with van der Waals surface area (Å²) in [5, 5.41) is 25.5. The van der Waals surface area contributed by atoms with Crippen molar-refractivity contribution in [1.82, 2.24) is 25.9 Å². The summed E-state index contributed by atoms with van der Waals surface area (Å²) in [6.45, 7) is 3.95. The monoisotopic (exact) mass is 539 g/mol. The van der Waals surface area contributed by atoms with Crippen molar-refractivity contribution in [2.75, 3.05) is 6.54 Å². The third kappa shape index (κ3) is 12.2. The number of hydrogen-bond acceptors (Lipinski definition) is 8. The molecule has 4 atom stereocenters. The number of carboxylic acid groups (broad SMARTS) is 2. The zero-order valence-corrected chi connectivity index (χ0v) is 21.3. The Morgan fingerprint density at radius 1 is 1.00 bits per heavy atom. The molecular weight excluding hydrogens is 502 g/mol. The number of rotatable bonds is 17. The summed E-state index contributed by atoms with van der Waals surface area (Å²) in [6, 6.07) is -5.06. The van der Waals surface area contributed by atoms with Crippen molar-refractivity contribution in [3.63, 3.8) is 0 Å². The lowest BCUT2D eigenvalue weighted by Gasteiger charge is -2.25. The molecule has 12 N–H and O–H groups in total. The Kier molecular flexibility index (Phi) is 13.2. The van der Waals surface area contributed by atoms with Crippen molar-refractivity contribution >= 4 is 35.6 Å². The van der Waals surface area contributed by atoms with Gasteiger partial charge in [0.05, 0.1) is 18.8 Å². The summed E-state index contributed by atoms with van der Waals surface area (Å²) in [4.78, 5) is 71.7. The van der Waals surface area contributed by atoms with E-state index in [2.05, 4.69) is 30.9 Å². The highest BCUT2D eigenvalue weighted by molar-refractivity contribution is 5.94. The minimum absolute atomic E-state index is 0.0952. The molecule has 212 valence electrons. The normalized spacial score (nSPS) is 14.0. The molecule has 0 spiro atoms.